The summed E-state index contributed by atoms with van der Waals surface area (Å²) in [5.41, 5.74) is 0.676. The van der Waals surface area contributed by atoms with E-state index in [1.54, 1.807) is 6.07 Å². The maximum absolute atomic E-state index is 13.3. The molecule has 0 atom stereocenters. The second kappa shape index (κ2) is 9.96. The fourth-order valence-electron chi connectivity index (χ4n) is 3.83. The number of carbonyl (C=O) groups is 1. The van der Waals surface area contributed by atoms with E-state index >= 15 is 0 Å². The number of rotatable bonds is 8. The van der Waals surface area contributed by atoms with Crippen LogP contribution in [0.2, 0.25) is 0 Å². The first-order valence-electron chi connectivity index (χ1n) is 10.7. The van der Waals surface area contributed by atoms with E-state index < -0.39 is 21.3 Å². The topological polar surface area (TPSA) is 137 Å². The molecule has 0 aliphatic rings. The van der Waals surface area contributed by atoms with Gasteiger partial charge in [-0.2, -0.15) is 0 Å². The molecule has 1 N–H and O–H groups in total. The Morgan fingerprint density at radius 2 is 1.57 bits per heavy atom. The van der Waals surface area contributed by atoms with Crippen molar-refractivity contribution in [3.05, 3.63) is 126 Å². The molecule has 0 unspecified atom stereocenters. The number of amides is 1. The van der Waals surface area contributed by atoms with Crippen LogP contribution in [0.15, 0.2) is 83.7 Å². The highest BCUT2D eigenvalue weighted by Gasteiger charge is 2.21. The van der Waals surface area contributed by atoms with Crippen molar-refractivity contribution in [3.8, 4) is 0 Å². The number of benzene rings is 3. The summed E-state index contributed by atoms with van der Waals surface area (Å²) in [7, 11) is 0. The van der Waals surface area contributed by atoms with Gasteiger partial charge in [-0.3, -0.25) is 29.8 Å². The maximum atomic E-state index is 13.3. The molecule has 0 saturated heterocycles. The Morgan fingerprint density at radius 1 is 0.857 bits per heavy atom. The van der Waals surface area contributed by atoms with Crippen LogP contribution in [0.5, 0.6) is 0 Å². The Kier molecular flexibility index (Phi) is 6.63. The fraction of sp³-hybridized carbons (Fsp3) is 0.120. The Bertz CT molecular complexity index is 1480. The van der Waals surface area contributed by atoms with Crippen molar-refractivity contribution in [1.29, 1.82) is 0 Å². The molecule has 4 aromatic rings. The lowest BCUT2D eigenvalue weighted by Gasteiger charge is -2.13. The van der Waals surface area contributed by atoms with E-state index in [9.17, 15) is 29.8 Å². The second-order valence-electron chi connectivity index (χ2n) is 7.83. The molecule has 1 heterocycles. The zero-order valence-electron chi connectivity index (χ0n) is 18.4. The summed E-state index contributed by atoms with van der Waals surface area (Å²) in [6.45, 7) is 0.249. The number of hydrogen-bond donors (Lipinski definition) is 1. The summed E-state index contributed by atoms with van der Waals surface area (Å²) < 4.78 is 1.27. The van der Waals surface area contributed by atoms with Gasteiger partial charge < -0.3 is 9.88 Å². The predicted molar refractivity (Wildman–Crippen MR) is 130 cm³/mol. The molecule has 1 aromatic heterocycles. The molecule has 0 radical (unpaired) electrons. The molecule has 1 amide bonds. The van der Waals surface area contributed by atoms with Crippen LogP contribution < -0.4 is 10.9 Å². The maximum Gasteiger partial charge on any atom is 0.278 e. The molecule has 176 valence electrons. The van der Waals surface area contributed by atoms with Crippen molar-refractivity contribution >= 4 is 28.2 Å². The first kappa shape index (κ1) is 23.3. The monoisotopic (exact) mass is 472 g/mol. The standard InChI is InChI=1S/C25H20N4O6/c30-24(26-14-13-17-5-2-1-3-6-17)21-15-20-22(7-4-8-23(20)29(34)35)27(25(21)31)16-18-9-11-19(12-10-18)28(32)33/h1-12,15H,13-14,16H2,(H,26,30). The van der Waals surface area contributed by atoms with Crippen LogP contribution in [-0.2, 0) is 13.0 Å². The van der Waals surface area contributed by atoms with E-state index in [-0.39, 0.29) is 40.9 Å². The minimum Gasteiger partial charge on any atom is -0.352 e. The summed E-state index contributed by atoms with van der Waals surface area (Å²) in [4.78, 5) is 47.7. The summed E-state index contributed by atoms with van der Waals surface area (Å²) in [6.07, 6.45) is 0.553. The number of nitro groups is 2. The van der Waals surface area contributed by atoms with Gasteiger partial charge in [0.05, 0.1) is 27.3 Å². The number of nitro benzene ring substituents is 2. The van der Waals surface area contributed by atoms with Gasteiger partial charge in [0.2, 0.25) is 0 Å². The third kappa shape index (κ3) is 5.06. The van der Waals surface area contributed by atoms with Crippen molar-refractivity contribution in [1.82, 2.24) is 9.88 Å². The molecule has 10 heteroatoms. The van der Waals surface area contributed by atoms with Crippen LogP contribution in [0.3, 0.4) is 0 Å². The van der Waals surface area contributed by atoms with Gasteiger partial charge in [0.25, 0.3) is 22.8 Å². The lowest BCUT2D eigenvalue weighted by atomic mass is 10.1. The number of nitrogens with one attached hydrogen (secondary N) is 1. The van der Waals surface area contributed by atoms with Crippen molar-refractivity contribution in [3.63, 3.8) is 0 Å². The number of nitrogens with zero attached hydrogens (tertiary/aromatic N) is 3. The zero-order chi connectivity index (χ0) is 24.9. The minimum atomic E-state index is -0.636. The normalized spacial score (nSPS) is 10.7. The molecular formula is C25H20N4O6. The molecule has 3 aromatic carbocycles. The van der Waals surface area contributed by atoms with Gasteiger partial charge in [-0.25, -0.2) is 0 Å². The molecule has 0 saturated carbocycles. The first-order chi connectivity index (χ1) is 16.8. The Hall–Kier alpha value is -4.86. The largest absolute Gasteiger partial charge is 0.352 e. The highest BCUT2D eigenvalue weighted by Crippen LogP contribution is 2.26. The molecule has 4 rings (SSSR count). The predicted octanol–water partition coefficient (Wildman–Crippen LogP) is 3.84. The number of non-ortho nitro benzene ring substituents is 2. The number of fused-ring (bicyclic) bond motifs is 1. The first-order valence-corrected chi connectivity index (χ1v) is 10.7. The average molecular weight is 472 g/mol. The number of pyridine rings is 1. The zero-order valence-corrected chi connectivity index (χ0v) is 18.4. The molecule has 10 nitrogen and oxygen atoms in total. The van der Waals surface area contributed by atoms with Crippen LogP contribution in [0.4, 0.5) is 11.4 Å². The highest BCUT2D eigenvalue weighted by atomic mass is 16.6. The van der Waals surface area contributed by atoms with Gasteiger partial charge in [-0.15, -0.1) is 0 Å². The third-order valence-corrected chi connectivity index (χ3v) is 5.59. The van der Waals surface area contributed by atoms with Crippen molar-refractivity contribution in [2.24, 2.45) is 0 Å². The molecule has 0 aliphatic heterocycles. The summed E-state index contributed by atoms with van der Waals surface area (Å²) >= 11 is 0. The number of hydrogen-bond acceptors (Lipinski definition) is 6. The smallest absolute Gasteiger partial charge is 0.278 e. The van der Waals surface area contributed by atoms with Gasteiger partial charge in [0.15, 0.2) is 0 Å². The van der Waals surface area contributed by atoms with Crippen LogP contribution in [0, 0.1) is 20.2 Å². The van der Waals surface area contributed by atoms with Gasteiger partial charge in [0.1, 0.15) is 5.56 Å². The lowest BCUT2D eigenvalue weighted by molar-refractivity contribution is -0.384. The lowest BCUT2D eigenvalue weighted by Crippen LogP contribution is -2.34. The fourth-order valence-corrected chi connectivity index (χ4v) is 3.83. The van der Waals surface area contributed by atoms with E-state index in [1.165, 1.54) is 47.0 Å². The summed E-state index contributed by atoms with van der Waals surface area (Å²) in [6, 6.07) is 20.7. The Morgan fingerprint density at radius 3 is 2.23 bits per heavy atom. The highest BCUT2D eigenvalue weighted by molar-refractivity contribution is 5.99. The molecule has 35 heavy (non-hydrogen) atoms. The molecule has 0 aliphatic carbocycles. The summed E-state index contributed by atoms with van der Waals surface area (Å²) in [5.74, 6) is -0.636. The molecule has 0 spiro atoms. The van der Waals surface area contributed by atoms with Crippen molar-refractivity contribution < 1.29 is 14.6 Å². The van der Waals surface area contributed by atoms with Gasteiger partial charge in [-0.05, 0) is 29.7 Å². The Labute approximate surface area is 198 Å². The third-order valence-electron chi connectivity index (χ3n) is 5.59. The number of carbonyl (C=O) groups excluding carboxylic acids is 1. The van der Waals surface area contributed by atoms with Gasteiger partial charge in [-0.1, -0.05) is 48.5 Å². The van der Waals surface area contributed by atoms with E-state index in [0.717, 1.165) is 5.56 Å². The van der Waals surface area contributed by atoms with E-state index in [1.807, 2.05) is 30.3 Å². The summed E-state index contributed by atoms with van der Waals surface area (Å²) in [5, 5.41) is 25.4. The van der Waals surface area contributed by atoms with E-state index in [2.05, 4.69) is 5.32 Å². The van der Waals surface area contributed by atoms with Crippen LogP contribution in [0.25, 0.3) is 10.9 Å². The number of aromatic nitrogens is 1. The SMILES string of the molecule is O=C(NCCc1ccccc1)c1cc2c([N+](=O)[O-])cccc2n(Cc2ccc([N+](=O)[O-])cc2)c1=O. The minimum absolute atomic E-state index is 0.0281. The van der Waals surface area contributed by atoms with Crippen LogP contribution in [0.1, 0.15) is 21.5 Å². The quantitative estimate of drug-likeness (QED) is 0.305. The van der Waals surface area contributed by atoms with Crippen LogP contribution in [-0.4, -0.2) is 26.9 Å². The van der Waals surface area contributed by atoms with Crippen LogP contribution >= 0.6 is 0 Å². The van der Waals surface area contributed by atoms with Crippen molar-refractivity contribution in [2.45, 2.75) is 13.0 Å². The Balaban J connectivity index is 1.73. The van der Waals surface area contributed by atoms with Crippen molar-refractivity contribution in [2.75, 3.05) is 6.54 Å². The van der Waals surface area contributed by atoms with Gasteiger partial charge >= 0.3 is 0 Å². The molecular weight excluding hydrogens is 452 g/mol. The van der Waals surface area contributed by atoms with Gasteiger partial charge in [0, 0.05) is 24.7 Å². The average Bonchev–Trinajstić information content (AvgIpc) is 2.86. The second-order valence-corrected chi connectivity index (χ2v) is 7.83. The van der Waals surface area contributed by atoms with E-state index in [0.29, 0.717) is 12.0 Å². The molecule has 0 bridgehead atoms. The molecule has 0 fully saturated rings. The van der Waals surface area contributed by atoms with E-state index in [4.69, 9.17) is 0 Å².